The van der Waals surface area contributed by atoms with E-state index >= 15 is 4.39 Å². The highest BCUT2D eigenvalue weighted by atomic mass is 32.2. The number of amides is 2. The van der Waals surface area contributed by atoms with Gasteiger partial charge in [-0.2, -0.15) is 5.10 Å². The summed E-state index contributed by atoms with van der Waals surface area (Å²) in [6, 6.07) is 24.0. The molecule has 0 unspecified atom stereocenters. The number of halogens is 1. The van der Waals surface area contributed by atoms with Gasteiger partial charge in [0.1, 0.15) is 18.2 Å². The van der Waals surface area contributed by atoms with Crippen molar-refractivity contribution in [1.82, 2.24) is 15.1 Å². The number of carbonyl (C=O) groups is 2. The molecule has 4 aromatic rings. The Labute approximate surface area is 231 Å². The number of aromatic nitrogens is 2. The predicted molar refractivity (Wildman–Crippen MR) is 152 cm³/mol. The van der Waals surface area contributed by atoms with Crippen molar-refractivity contribution in [2.24, 2.45) is 0 Å². The zero-order valence-electron chi connectivity index (χ0n) is 21.8. The molecule has 0 saturated heterocycles. The Kier molecular flexibility index (Phi) is 8.09. The van der Waals surface area contributed by atoms with Gasteiger partial charge < -0.3 is 10.1 Å². The Morgan fingerprint density at radius 3 is 2.62 bits per heavy atom. The lowest BCUT2D eigenvalue weighted by Crippen LogP contribution is -2.43. The van der Waals surface area contributed by atoms with Crippen molar-refractivity contribution in [3.8, 4) is 16.9 Å². The topological polar surface area (TPSA) is 76.5 Å². The molecule has 0 aliphatic carbocycles. The van der Waals surface area contributed by atoms with E-state index in [1.54, 1.807) is 30.0 Å². The van der Waals surface area contributed by atoms with Crippen molar-refractivity contribution in [1.29, 1.82) is 0 Å². The summed E-state index contributed by atoms with van der Waals surface area (Å²) < 4.78 is 22.0. The first-order valence-electron chi connectivity index (χ1n) is 12.7. The fraction of sp³-hybridized carbons (Fsp3) is 0.233. The number of carbonyl (C=O) groups excluding carboxylic acids is 2. The van der Waals surface area contributed by atoms with Crippen LogP contribution in [-0.2, 0) is 14.3 Å². The Hall–Kier alpha value is -3.95. The van der Waals surface area contributed by atoms with Gasteiger partial charge in [0.15, 0.2) is 0 Å². The summed E-state index contributed by atoms with van der Waals surface area (Å²) in [7, 11) is 1.56. The van der Waals surface area contributed by atoms with E-state index < -0.39 is 5.25 Å². The van der Waals surface area contributed by atoms with Crippen molar-refractivity contribution in [3.05, 3.63) is 101 Å². The van der Waals surface area contributed by atoms with Gasteiger partial charge in [-0.25, -0.2) is 9.07 Å². The van der Waals surface area contributed by atoms with Crippen LogP contribution in [0.3, 0.4) is 0 Å². The second-order valence-electron chi connectivity index (χ2n) is 9.24. The largest absolute Gasteiger partial charge is 0.383 e. The van der Waals surface area contributed by atoms with Crippen LogP contribution in [0, 0.1) is 12.7 Å². The zero-order valence-corrected chi connectivity index (χ0v) is 22.6. The number of rotatable bonds is 8. The number of aryl methyl sites for hydroxylation is 1. The maximum Gasteiger partial charge on any atom is 0.240 e. The minimum absolute atomic E-state index is 0.0705. The number of hydrogen-bond acceptors (Lipinski definition) is 5. The first-order valence-corrected chi connectivity index (χ1v) is 13.7. The number of methoxy groups -OCH3 is 1. The molecule has 0 saturated carbocycles. The predicted octanol–water partition coefficient (Wildman–Crippen LogP) is 4.92. The lowest BCUT2D eigenvalue weighted by molar-refractivity contribution is -0.123. The highest BCUT2D eigenvalue weighted by molar-refractivity contribution is 8.00. The molecule has 5 rings (SSSR count). The van der Waals surface area contributed by atoms with Crippen LogP contribution in [0.15, 0.2) is 78.9 Å². The summed E-state index contributed by atoms with van der Waals surface area (Å²) in [5.41, 5.74) is 4.37. The first kappa shape index (κ1) is 26.6. The monoisotopic (exact) mass is 544 g/mol. The third kappa shape index (κ3) is 5.60. The van der Waals surface area contributed by atoms with Gasteiger partial charge in [-0.3, -0.25) is 14.5 Å². The lowest BCUT2D eigenvalue weighted by atomic mass is 9.99. The van der Waals surface area contributed by atoms with Crippen molar-refractivity contribution < 1.29 is 18.7 Å². The molecule has 2 heterocycles. The van der Waals surface area contributed by atoms with Crippen LogP contribution >= 0.6 is 11.8 Å². The van der Waals surface area contributed by atoms with Crippen LogP contribution in [-0.4, -0.2) is 54.2 Å². The molecule has 0 bridgehead atoms. The molecule has 1 aliphatic heterocycles. The second kappa shape index (κ2) is 11.8. The molecule has 200 valence electrons. The maximum absolute atomic E-state index is 15.3. The van der Waals surface area contributed by atoms with Gasteiger partial charge in [0.2, 0.25) is 11.8 Å². The van der Waals surface area contributed by atoms with Gasteiger partial charge in [-0.1, -0.05) is 60.7 Å². The smallest absolute Gasteiger partial charge is 0.240 e. The average Bonchev–Trinajstić information content (AvgIpc) is 3.27. The summed E-state index contributed by atoms with van der Waals surface area (Å²) in [5, 5.41) is 7.30. The van der Waals surface area contributed by atoms with Gasteiger partial charge >= 0.3 is 0 Å². The van der Waals surface area contributed by atoms with Crippen molar-refractivity contribution >= 4 is 29.4 Å². The minimum atomic E-state index is -0.527. The summed E-state index contributed by atoms with van der Waals surface area (Å²) in [5.74, 6) is -0.401. The molecule has 0 spiro atoms. The Balaban J connectivity index is 1.77. The number of nitrogens with one attached hydrogen (secondary N) is 1. The van der Waals surface area contributed by atoms with E-state index in [9.17, 15) is 9.59 Å². The van der Waals surface area contributed by atoms with Crippen LogP contribution in [0.4, 0.5) is 10.2 Å². The number of thioether (sulfide) groups is 1. The van der Waals surface area contributed by atoms with Crippen LogP contribution < -0.4 is 10.2 Å². The molecule has 39 heavy (non-hydrogen) atoms. The van der Waals surface area contributed by atoms with Gasteiger partial charge in [0.25, 0.3) is 0 Å². The highest BCUT2D eigenvalue weighted by Crippen LogP contribution is 2.49. The molecule has 1 N–H and O–H groups in total. The van der Waals surface area contributed by atoms with Crippen LogP contribution in [0.5, 0.6) is 0 Å². The van der Waals surface area contributed by atoms with E-state index in [2.05, 4.69) is 5.32 Å². The van der Waals surface area contributed by atoms with E-state index in [4.69, 9.17) is 9.84 Å². The lowest BCUT2D eigenvalue weighted by Gasteiger charge is -2.23. The standard InChI is InChI=1S/C30H29FN4O3S/c1-20-9-8-12-22(17-20)35-30-27(28(33-35)21-10-4-3-5-11-21)29(23-13-6-7-14-24(23)31)39-19-26(37)34(30)18-25(36)32-15-16-38-2/h3-14,17,29H,15-16,18-19H2,1-2H3,(H,32,36)/t29-/m0/s1. The molecule has 0 radical (unpaired) electrons. The Morgan fingerprint density at radius 1 is 1.10 bits per heavy atom. The minimum Gasteiger partial charge on any atom is -0.383 e. The molecule has 1 aromatic heterocycles. The third-order valence-corrected chi connectivity index (χ3v) is 7.74. The van der Waals surface area contributed by atoms with Gasteiger partial charge in [0.05, 0.1) is 29.0 Å². The number of ether oxygens (including phenoxy) is 1. The van der Waals surface area contributed by atoms with Gasteiger partial charge in [-0.15, -0.1) is 11.8 Å². The average molecular weight is 545 g/mol. The van der Waals surface area contributed by atoms with Crippen molar-refractivity contribution in [3.63, 3.8) is 0 Å². The Morgan fingerprint density at radius 2 is 1.87 bits per heavy atom. The zero-order chi connectivity index (χ0) is 27.4. The van der Waals surface area contributed by atoms with Crippen LogP contribution in [0.1, 0.15) is 21.9 Å². The molecule has 0 fully saturated rings. The Bertz CT molecular complexity index is 1490. The molecule has 7 nitrogen and oxygen atoms in total. The summed E-state index contributed by atoms with van der Waals surface area (Å²) >= 11 is 1.34. The van der Waals surface area contributed by atoms with E-state index in [0.717, 1.165) is 16.8 Å². The van der Waals surface area contributed by atoms with Crippen LogP contribution in [0.2, 0.25) is 0 Å². The second-order valence-corrected chi connectivity index (χ2v) is 10.3. The number of nitrogens with zero attached hydrogens (tertiary/aromatic N) is 3. The molecule has 2 amide bonds. The summed E-state index contributed by atoms with van der Waals surface area (Å²) in [6.07, 6.45) is 0. The number of anilines is 1. The highest BCUT2D eigenvalue weighted by Gasteiger charge is 2.38. The fourth-order valence-electron chi connectivity index (χ4n) is 4.69. The third-order valence-electron chi connectivity index (χ3n) is 6.50. The van der Waals surface area contributed by atoms with Crippen molar-refractivity contribution in [2.45, 2.75) is 12.2 Å². The van der Waals surface area contributed by atoms with Gasteiger partial charge in [-0.05, 0) is 30.7 Å². The molecular formula is C30H29FN4O3S. The normalized spacial score (nSPS) is 15.1. The number of hydrogen-bond donors (Lipinski definition) is 1. The van der Waals surface area contributed by atoms with E-state index in [0.29, 0.717) is 35.8 Å². The summed E-state index contributed by atoms with van der Waals surface area (Å²) in [4.78, 5) is 28.1. The van der Waals surface area contributed by atoms with Crippen molar-refractivity contribution in [2.75, 3.05) is 37.5 Å². The molecular weight excluding hydrogens is 515 g/mol. The quantitative estimate of drug-likeness (QED) is 0.319. The molecule has 3 aromatic carbocycles. The van der Waals surface area contributed by atoms with E-state index in [1.165, 1.54) is 22.7 Å². The first-order chi connectivity index (χ1) is 19.0. The number of fused-ring (bicyclic) bond motifs is 1. The van der Waals surface area contributed by atoms with E-state index in [1.807, 2.05) is 61.5 Å². The van der Waals surface area contributed by atoms with E-state index in [-0.39, 0.29) is 29.9 Å². The molecule has 9 heteroatoms. The SMILES string of the molecule is COCCNC(=O)CN1C(=O)CS[C@@H](c2ccccc2F)c2c(-c3ccccc3)nn(-c3cccc(C)c3)c21. The number of benzene rings is 3. The molecule has 1 aliphatic rings. The molecule has 1 atom stereocenters. The fourth-order valence-corrected chi connectivity index (χ4v) is 5.91. The van der Waals surface area contributed by atoms with Gasteiger partial charge in [0, 0.05) is 30.3 Å². The maximum atomic E-state index is 15.3. The van der Waals surface area contributed by atoms with Crippen LogP contribution in [0.25, 0.3) is 16.9 Å². The summed E-state index contributed by atoms with van der Waals surface area (Å²) in [6.45, 7) is 2.46.